The summed E-state index contributed by atoms with van der Waals surface area (Å²) < 4.78 is 6.38. The van der Waals surface area contributed by atoms with Crippen LogP contribution in [0.15, 0.2) is 83.2 Å². The molecule has 0 saturated heterocycles. The van der Waals surface area contributed by atoms with Gasteiger partial charge in [0.2, 0.25) is 5.91 Å². The van der Waals surface area contributed by atoms with Crippen LogP contribution in [0.5, 0.6) is 0 Å². The Balaban J connectivity index is 1.26. The molecule has 0 aliphatic rings. The molecule has 51 heavy (non-hydrogen) atoms. The predicted octanol–water partition coefficient (Wildman–Crippen LogP) is 5.82. The van der Waals surface area contributed by atoms with Gasteiger partial charge in [-0.25, -0.2) is 9.03 Å². The number of nitrogens with two attached hydrogens (primary N) is 1. The van der Waals surface area contributed by atoms with Crippen LogP contribution in [0.3, 0.4) is 0 Å². The van der Waals surface area contributed by atoms with E-state index in [9.17, 15) is 19.2 Å². The first-order chi connectivity index (χ1) is 24.5. The van der Waals surface area contributed by atoms with Crippen LogP contribution in [0, 0.1) is 5.92 Å². The Kier molecular flexibility index (Phi) is 11.0. The van der Waals surface area contributed by atoms with Crippen molar-refractivity contribution in [3.63, 3.8) is 0 Å². The Morgan fingerprint density at radius 3 is 1.88 bits per heavy atom. The van der Waals surface area contributed by atoms with E-state index >= 15 is 0 Å². The lowest BCUT2D eigenvalue weighted by atomic mass is 9.97. The molecule has 0 aliphatic heterocycles. The summed E-state index contributed by atoms with van der Waals surface area (Å²) in [6.07, 6.45) is 10.6. The lowest BCUT2D eigenvalue weighted by molar-refractivity contribution is -0.118. The summed E-state index contributed by atoms with van der Waals surface area (Å²) in [5, 5.41) is 9.90. The maximum absolute atomic E-state index is 13.4. The zero-order valence-corrected chi connectivity index (χ0v) is 31.4. The van der Waals surface area contributed by atoms with Crippen molar-refractivity contribution in [1.82, 2.24) is 28.4 Å². The number of aromatic nitrogens is 6. The van der Waals surface area contributed by atoms with Crippen LogP contribution in [-0.4, -0.2) is 49.6 Å². The number of hydrogen-bond acceptors (Lipinski definition) is 6. The molecule has 0 saturated carbocycles. The number of primary amides is 1. The van der Waals surface area contributed by atoms with Gasteiger partial charge in [-0.15, -0.1) is 0 Å². The number of rotatable bonds is 15. The van der Waals surface area contributed by atoms with E-state index in [2.05, 4.69) is 10.2 Å². The molecule has 0 aliphatic carbocycles. The summed E-state index contributed by atoms with van der Waals surface area (Å²) in [6, 6.07) is 16.0. The number of carbonyl (C=O) groups excluding carboxylic acids is 2. The fourth-order valence-electron chi connectivity index (χ4n) is 6.37. The first-order valence-corrected chi connectivity index (χ1v) is 19.8. The third-order valence-corrected chi connectivity index (χ3v) is 11.8. The molecule has 4 aromatic heterocycles. The smallest absolute Gasteiger partial charge is 0.277 e. The zero-order chi connectivity index (χ0) is 36.2. The molecule has 264 valence electrons. The molecule has 0 unspecified atom stereocenters. The Morgan fingerprint density at radius 1 is 0.804 bits per heavy atom. The third kappa shape index (κ3) is 7.93. The number of Topliss-reactive ketones (excluding diaryl/α,β-unsaturated/α-hetero) is 1. The second-order valence-corrected chi connectivity index (χ2v) is 15.8. The molecule has 0 fully saturated rings. The average Bonchev–Trinajstić information content (AvgIpc) is 3.74. The maximum Gasteiger partial charge on any atom is 0.277 e. The van der Waals surface area contributed by atoms with Crippen molar-refractivity contribution in [2.45, 2.75) is 64.7 Å². The van der Waals surface area contributed by atoms with Crippen LogP contribution in [0.25, 0.3) is 44.4 Å². The van der Waals surface area contributed by atoms with Crippen LogP contribution in [0.2, 0.25) is 16.1 Å². The van der Waals surface area contributed by atoms with E-state index in [1.807, 2.05) is 43.3 Å². The number of benzene rings is 2. The van der Waals surface area contributed by atoms with E-state index in [0.29, 0.717) is 64.2 Å². The second kappa shape index (κ2) is 15.6. The minimum absolute atomic E-state index is 0.118. The van der Waals surface area contributed by atoms with Crippen molar-refractivity contribution >= 4 is 55.4 Å². The average molecular weight is 745 g/mol. The van der Waals surface area contributed by atoms with Crippen molar-refractivity contribution in [3.05, 3.63) is 104 Å². The summed E-state index contributed by atoms with van der Waals surface area (Å²) in [5.41, 5.74) is 10.2. The number of ketones is 1. The van der Waals surface area contributed by atoms with Gasteiger partial charge in [-0.2, -0.15) is 10.2 Å². The molecule has 6 aromatic rings. The van der Waals surface area contributed by atoms with Crippen LogP contribution in [0.4, 0.5) is 0 Å². The van der Waals surface area contributed by atoms with Crippen LogP contribution in [0.1, 0.15) is 46.0 Å². The molecular weight excluding hydrogens is 705 g/mol. The number of fused-ring (bicyclic) bond motifs is 2. The number of amides is 1. The first-order valence-electron chi connectivity index (χ1n) is 17.0. The van der Waals surface area contributed by atoms with Crippen molar-refractivity contribution in [3.8, 4) is 33.4 Å². The SMILES string of the molecule is CC(=O)CC[C@H](C)Cn1cnn2cc(-c3cccc(-c4cccc(-c5cc6c(=O)n(C[SiH2]CCCCC(N)=O)cnn6c5)c4Cl)c3Cl)cc2c1=O. The molecule has 1 atom stereocenters. The number of hydrogen-bond donors (Lipinski definition) is 1. The lowest BCUT2D eigenvalue weighted by Crippen LogP contribution is -2.25. The fourth-order valence-corrected chi connectivity index (χ4v) is 8.63. The Morgan fingerprint density at radius 2 is 1.33 bits per heavy atom. The highest BCUT2D eigenvalue weighted by Gasteiger charge is 2.19. The van der Waals surface area contributed by atoms with Gasteiger partial charge in [-0.3, -0.25) is 23.5 Å². The van der Waals surface area contributed by atoms with Crippen molar-refractivity contribution in [1.29, 1.82) is 0 Å². The fraction of sp³-hybridized carbons (Fsp3) is 0.297. The van der Waals surface area contributed by atoms with E-state index in [0.717, 1.165) is 41.1 Å². The van der Waals surface area contributed by atoms with Crippen LogP contribution >= 0.6 is 23.2 Å². The highest BCUT2D eigenvalue weighted by Crippen LogP contribution is 2.42. The third-order valence-electron chi connectivity index (χ3n) is 9.17. The Labute approximate surface area is 306 Å². The van der Waals surface area contributed by atoms with Gasteiger partial charge in [0, 0.05) is 80.8 Å². The van der Waals surface area contributed by atoms with E-state index < -0.39 is 9.52 Å². The number of unbranched alkanes of at least 4 members (excludes halogenated alkanes) is 1. The summed E-state index contributed by atoms with van der Waals surface area (Å²) in [6.45, 7) is 4.06. The molecule has 0 spiro atoms. The van der Waals surface area contributed by atoms with Crippen LogP contribution < -0.4 is 16.9 Å². The van der Waals surface area contributed by atoms with Crippen LogP contribution in [-0.2, 0) is 22.3 Å². The van der Waals surface area contributed by atoms with Gasteiger partial charge < -0.3 is 10.5 Å². The molecule has 2 aromatic carbocycles. The van der Waals surface area contributed by atoms with E-state index in [1.165, 1.54) is 6.33 Å². The molecule has 2 N–H and O–H groups in total. The standard InChI is InChI=1S/C37H39Cl2N7O4Si/c1-23(12-13-24(2)47)17-43-20-41-45-18-25(15-31(45)36(43)49)27-7-5-9-29(34(27)38)30-10-6-8-28(35(30)39)26-16-32-37(50)44(21-42-46(32)19-26)22-51-14-4-3-11-33(40)48/h5-10,15-16,18-21,23H,3-4,11-14,17,22,51H2,1-2H3,(H2,40,48)/t23-/m0/s1. The summed E-state index contributed by atoms with van der Waals surface area (Å²) in [5.74, 6) is -0.00928. The molecule has 6 rings (SSSR count). The minimum Gasteiger partial charge on any atom is -0.370 e. The van der Waals surface area contributed by atoms with Gasteiger partial charge in [-0.05, 0) is 37.8 Å². The topological polar surface area (TPSA) is 139 Å². The van der Waals surface area contributed by atoms with Crippen molar-refractivity contribution in [2.24, 2.45) is 11.7 Å². The maximum atomic E-state index is 13.4. The lowest BCUT2D eigenvalue weighted by Gasteiger charge is -2.13. The van der Waals surface area contributed by atoms with Gasteiger partial charge in [0.05, 0.1) is 10.0 Å². The molecule has 4 heterocycles. The van der Waals surface area contributed by atoms with Gasteiger partial charge >= 0.3 is 0 Å². The molecule has 14 heteroatoms. The number of nitrogens with zero attached hydrogens (tertiary/aromatic N) is 6. The number of carbonyl (C=O) groups is 2. The summed E-state index contributed by atoms with van der Waals surface area (Å²) in [7, 11) is -0.555. The van der Waals surface area contributed by atoms with Crippen molar-refractivity contribution < 1.29 is 9.59 Å². The number of halogens is 2. The molecular formula is C37H39Cl2N7O4Si. The second-order valence-electron chi connectivity index (χ2n) is 13.1. The molecule has 0 bridgehead atoms. The van der Waals surface area contributed by atoms with E-state index in [1.54, 1.807) is 55.9 Å². The van der Waals surface area contributed by atoms with Gasteiger partial charge in [0.1, 0.15) is 29.5 Å². The molecule has 1 amide bonds. The highest BCUT2D eigenvalue weighted by atomic mass is 35.5. The summed E-state index contributed by atoms with van der Waals surface area (Å²) in [4.78, 5) is 49.1. The van der Waals surface area contributed by atoms with E-state index in [-0.39, 0.29) is 28.7 Å². The van der Waals surface area contributed by atoms with Gasteiger partial charge in [0.25, 0.3) is 11.1 Å². The highest BCUT2D eigenvalue weighted by molar-refractivity contribution is 6.39. The minimum atomic E-state index is -0.555. The first kappa shape index (κ1) is 36.0. The predicted molar refractivity (Wildman–Crippen MR) is 204 cm³/mol. The largest absolute Gasteiger partial charge is 0.370 e. The summed E-state index contributed by atoms with van der Waals surface area (Å²) >= 11 is 14.2. The van der Waals surface area contributed by atoms with Crippen molar-refractivity contribution in [2.75, 3.05) is 0 Å². The monoisotopic (exact) mass is 743 g/mol. The van der Waals surface area contributed by atoms with Gasteiger partial charge in [-0.1, -0.05) is 79.0 Å². The normalized spacial score (nSPS) is 12.4. The van der Waals surface area contributed by atoms with Gasteiger partial charge in [0.15, 0.2) is 0 Å². The Hall–Kier alpha value is -4.78. The molecule has 0 radical (unpaired) electrons. The Bertz CT molecular complexity index is 2380. The quantitative estimate of drug-likeness (QED) is 0.104. The van der Waals surface area contributed by atoms with E-state index in [4.69, 9.17) is 28.9 Å². The molecule has 11 nitrogen and oxygen atoms in total. The zero-order valence-electron chi connectivity index (χ0n) is 28.5.